The van der Waals surface area contributed by atoms with Gasteiger partial charge in [0.05, 0.1) is 13.2 Å². The molecule has 0 aromatic heterocycles. The number of hydrogen-bond acceptors (Lipinski definition) is 3. The molecule has 1 N–H and O–H groups in total. The topological polar surface area (TPSA) is 38.7 Å². The smallest absolute Gasteiger partial charge is 0.133 e. The van der Waals surface area contributed by atoms with Gasteiger partial charge in [0.15, 0.2) is 0 Å². The van der Waals surface area contributed by atoms with Gasteiger partial charge in [0, 0.05) is 11.6 Å². The highest BCUT2D eigenvalue weighted by atomic mass is 19.1. The van der Waals surface area contributed by atoms with E-state index in [-0.39, 0.29) is 5.82 Å². The second-order valence-electron chi connectivity index (χ2n) is 4.60. The van der Waals surface area contributed by atoms with E-state index in [0.29, 0.717) is 28.4 Å². The third kappa shape index (κ3) is 3.08. The highest BCUT2D eigenvalue weighted by Crippen LogP contribution is 2.33. The van der Waals surface area contributed by atoms with Crippen LogP contribution >= 0.6 is 0 Å². The molecule has 3 nitrogen and oxygen atoms in total. The summed E-state index contributed by atoms with van der Waals surface area (Å²) in [5, 5.41) is 9.73. The molecule has 0 aliphatic carbocycles. The molecule has 2 aromatic carbocycles. The van der Waals surface area contributed by atoms with Crippen molar-refractivity contribution in [2.45, 2.75) is 20.0 Å². The molecule has 0 spiro atoms. The maximum Gasteiger partial charge on any atom is 0.133 e. The zero-order valence-electron chi connectivity index (χ0n) is 11.7. The van der Waals surface area contributed by atoms with Gasteiger partial charge in [-0.25, -0.2) is 4.39 Å². The van der Waals surface area contributed by atoms with E-state index in [1.165, 1.54) is 6.07 Å². The molecule has 0 fully saturated rings. The lowest BCUT2D eigenvalue weighted by Crippen LogP contribution is -1.99. The molecule has 0 bridgehead atoms. The molecule has 0 saturated heterocycles. The van der Waals surface area contributed by atoms with Crippen molar-refractivity contribution in [3.63, 3.8) is 0 Å². The second-order valence-corrected chi connectivity index (χ2v) is 4.60. The van der Waals surface area contributed by atoms with E-state index in [4.69, 9.17) is 9.47 Å². The Hall–Kier alpha value is -2.07. The Morgan fingerprint density at radius 1 is 1.15 bits per heavy atom. The van der Waals surface area contributed by atoms with Crippen molar-refractivity contribution in [2.24, 2.45) is 0 Å². The number of aliphatic hydroxyl groups excluding tert-OH is 1. The minimum absolute atomic E-state index is 0.362. The largest absolute Gasteiger partial charge is 0.497 e. The van der Waals surface area contributed by atoms with Gasteiger partial charge >= 0.3 is 0 Å². The molecule has 0 aliphatic heterocycles. The third-order valence-corrected chi connectivity index (χ3v) is 3.01. The average molecular weight is 276 g/mol. The molecule has 0 unspecified atom stereocenters. The predicted molar refractivity (Wildman–Crippen MR) is 74.8 cm³/mol. The Kier molecular flexibility index (Phi) is 4.25. The zero-order chi connectivity index (χ0) is 14.7. The highest BCUT2D eigenvalue weighted by Gasteiger charge is 2.14. The van der Waals surface area contributed by atoms with Crippen molar-refractivity contribution < 1.29 is 19.0 Å². The van der Waals surface area contributed by atoms with E-state index in [2.05, 4.69) is 0 Å². The SMILES string of the molecule is COc1cccc(Oc2cc(C)c(F)cc2[C@H](C)O)c1. The summed E-state index contributed by atoms with van der Waals surface area (Å²) in [5.74, 6) is 1.31. The van der Waals surface area contributed by atoms with Crippen LogP contribution < -0.4 is 9.47 Å². The van der Waals surface area contributed by atoms with Gasteiger partial charge in [-0.05, 0) is 43.7 Å². The molecule has 0 radical (unpaired) electrons. The number of ether oxygens (including phenoxy) is 2. The number of aryl methyl sites for hydroxylation is 1. The van der Waals surface area contributed by atoms with E-state index < -0.39 is 6.10 Å². The van der Waals surface area contributed by atoms with Gasteiger partial charge in [0.25, 0.3) is 0 Å². The summed E-state index contributed by atoms with van der Waals surface area (Å²) in [7, 11) is 1.57. The Bertz CT molecular complexity index is 609. The van der Waals surface area contributed by atoms with Gasteiger partial charge in [0.1, 0.15) is 23.1 Å². The van der Waals surface area contributed by atoms with Crippen LogP contribution in [0.1, 0.15) is 24.2 Å². The van der Waals surface area contributed by atoms with Crippen LogP contribution in [0.4, 0.5) is 4.39 Å². The molecular weight excluding hydrogens is 259 g/mol. The van der Waals surface area contributed by atoms with Gasteiger partial charge in [-0.2, -0.15) is 0 Å². The molecular formula is C16H17FO3. The number of hydrogen-bond donors (Lipinski definition) is 1. The van der Waals surface area contributed by atoms with Gasteiger partial charge < -0.3 is 14.6 Å². The average Bonchev–Trinajstić information content (AvgIpc) is 2.42. The molecule has 2 aromatic rings. The monoisotopic (exact) mass is 276 g/mol. The van der Waals surface area contributed by atoms with Crippen LogP contribution in [-0.2, 0) is 0 Å². The maximum absolute atomic E-state index is 13.6. The molecule has 0 heterocycles. The summed E-state index contributed by atoms with van der Waals surface area (Å²) in [6.07, 6.45) is -0.814. The van der Waals surface area contributed by atoms with E-state index in [1.807, 2.05) is 0 Å². The molecule has 4 heteroatoms. The lowest BCUT2D eigenvalue weighted by molar-refractivity contribution is 0.195. The van der Waals surface area contributed by atoms with Crippen molar-refractivity contribution in [2.75, 3.05) is 7.11 Å². The van der Waals surface area contributed by atoms with E-state index >= 15 is 0 Å². The minimum Gasteiger partial charge on any atom is -0.497 e. The first kappa shape index (κ1) is 14.3. The molecule has 106 valence electrons. The molecule has 20 heavy (non-hydrogen) atoms. The van der Waals surface area contributed by atoms with Crippen LogP contribution in [-0.4, -0.2) is 12.2 Å². The van der Waals surface area contributed by atoms with Crippen LogP contribution in [0.5, 0.6) is 17.2 Å². The third-order valence-electron chi connectivity index (χ3n) is 3.01. The summed E-state index contributed by atoms with van der Waals surface area (Å²) in [6, 6.07) is 9.98. The van der Waals surface area contributed by atoms with Gasteiger partial charge in [0.2, 0.25) is 0 Å². The number of benzene rings is 2. The first-order chi connectivity index (χ1) is 9.51. The van der Waals surface area contributed by atoms with Crippen molar-refractivity contribution in [3.8, 4) is 17.2 Å². The summed E-state index contributed by atoms with van der Waals surface area (Å²) >= 11 is 0. The van der Waals surface area contributed by atoms with Crippen molar-refractivity contribution >= 4 is 0 Å². The number of aliphatic hydroxyl groups is 1. The van der Waals surface area contributed by atoms with E-state index in [0.717, 1.165) is 0 Å². The van der Waals surface area contributed by atoms with E-state index in [1.54, 1.807) is 51.3 Å². The lowest BCUT2D eigenvalue weighted by atomic mass is 10.1. The maximum atomic E-state index is 13.6. The van der Waals surface area contributed by atoms with Crippen molar-refractivity contribution in [1.29, 1.82) is 0 Å². The molecule has 1 atom stereocenters. The Labute approximate surface area is 117 Å². The fourth-order valence-corrected chi connectivity index (χ4v) is 1.88. The Morgan fingerprint density at radius 2 is 1.85 bits per heavy atom. The van der Waals surface area contributed by atoms with Gasteiger partial charge in [-0.15, -0.1) is 0 Å². The molecule has 0 amide bonds. The lowest BCUT2D eigenvalue weighted by Gasteiger charge is -2.15. The molecule has 0 aliphatic rings. The van der Waals surface area contributed by atoms with Crippen LogP contribution in [0.15, 0.2) is 36.4 Å². The predicted octanol–water partition coefficient (Wildman–Crippen LogP) is 3.99. The number of methoxy groups -OCH3 is 1. The first-order valence-electron chi connectivity index (χ1n) is 6.31. The van der Waals surface area contributed by atoms with E-state index in [9.17, 15) is 9.50 Å². The fraction of sp³-hybridized carbons (Fsp3) is 0.250. The van der Waals surface area contributed by atoms with Gasteiger partial charge in [-0.3, -0.25) is 0 Å². The Balaban J connectivity index is 2.39. The fourth-order valence-electron chi connectivity index (χ4n) is 1.88. The zero-order valence-corrected chi connectivity index (χ0v) is 11.7. The minimum atomic E-state index is -0.814. The van der Waals surface area contributed by atoms with Crippen molar-refractivity contribution in [3.05, 3.63) is 53.3 Å². The standard InChI is InChI=1S/C16H17FO3/c1-10-7-16(14(11(2)18)9-15(10)17)20-13-6-4-5-12(8-13)19-3/h4-9,11,18H,1-3H3/t11-/m0/s1. The van der Waals surface area contributed by atoms with Crippen LogP contribution in [0.3, 0.4) is 0 Å². The summed E-state index contributed by atoms with van der Waals surface area (Å²) in [6.45, 7) is 3.22. The summed E-state index contributed by atoms with van der Waals surface area (Å²) in [5.41, 5.74) is 0.878. The van der Waals surface area contributed by atoms with Crippen LogP contribution in [0, 0.1) is 12.7 Å². The highest BCUT2D eigenvalue weighted by molar-refractivity contribution is 5.43. The second kappa shape index (κ2) is 5.92. The normalized spacial score (nSPS) is 12.1. The first-order valence-corrected chi connectivity index (χ1v) is 6.31. The summed E-state index contributed by atoms with van der Waals surface area (Å²) in [4.78, 5) is 0. The van der Waals surface area contributed by atoms with Crippen molar-refractivity contribution in [1.82, 2.24) is 0 Å². The quantitative estimate of drug-likeness (QED) is 0.917. The van der Waals surface area contributed by atoms with Gasteiger partial charge in [-0.1, -0.05) is 6.07 Å². The molecule has 0 saturated carbocycles. The number of halogens is 1. The summed E-state index contributed by atoms with van der Waals surface area (Å²) < 4.78 is 24.5. The van der Waals surface area contributed by atoms with Crippen LogP contribution in [0.25, 0.3) is 0 Å². The van der Waals surface area contributed by atoms with Crippen LogP contribution in [0.2, 0.25) is 0 Å². The molecule has 2 rings (SSSR count). The number of rotatable bonds is 4. The Morgan fingerprint density at radius 3 is 2.50 bits per heavy atom.